The van der Waals surface area contributed by atoms with Crippen molar-refractivity contribution in [2.45, 2.75) is 19.4 Å². The fourth-order valence-corrected chi connectivity index (χ4v) is 1.29. The Balaban J connectivity index is 2.70. The monoisotopic (exact) mass is 195 g/mol. The Morgan fingerprint density at radius 2 is 2.14 bits per heavy atom. The molecule has 0 aliphatic rings. The maximum atomic E-state index is 9.62. The number of likely N-dealkylation sites (N-methyl/N-ethyl adjacent to an activating group) is 1. The molecule has 0 aliphatic heterocycles. The number of pyridine rings is 1. The number of nitrogen functional groups attached to an aromatic ring is 1. The summed E-state index contributed by atoms with van der Waals surface area (Å²) in [5.74, 6) is 0.505. The van der Waals surface area contributed by atoms with Crippen molar-refractivity contribution in [3.8, 4) is 0 Å². The van der Waals surface area contributed by atoms with E-state index in [0.29, 0.717) is 12.4 Å². The first-order valence-electron chi connectivity index (χ1n) is 4.53. The highest BCUT2D eigenvalue weighted by atomic mass is 16.3. The van der Waals surface area contributed by atoms with Crippen LogP contribution in [0.5, 0.6) is 0 Å². The normalized spacial score (nSPS) is 11.4. The lowest BCUT2D eigenvalue weighted by molar-refractivity contribution is 0.0886. The highest BCUT2D eigenvalue weighted by Crippen LogP contribution is 2.14. The van der Waals surface area contributed by atoms with Gasteiger partial charge in [0.2, 0.25) is 0 Å². The molecule has 0 radical (unpaired) electrons. The maximum Gasteiger partial charge on any atom is 0.123 e. The van der Waals surface area contributed by atoms with E-state index in [1.807, 2.05) is 18.0 Å². The van der Waals surface area contributed by atoms with Crippen molar-refractivity contribution < 1.29 is 5.11 Å². The molecule has 0 unspecified atom stereocenters. The van der Waals surface area contributed by atoms with Crippen LogP contribution < -0.4 is 10.6 Å². The van der Waals surface area contributed by atoms with Gasteiger partial charge in [0.15, 0.2) is 0 Å². The first kappa shape index (κ1) is 10.8. The predicted octanol–water partition coefficient (Wildman–Crippen LogP) is 0.871. The summed E-state index contributed by atoms with van der Waals surface area (Å²) in [7, 11) is 1.91. The zero-order valence-corrected chi connectivity index (χ0v) is 8.86. The van der Waals surface area contributed by atoms with E-state index in [4.69, 9.17) is 5.73 Å². The lowest BCUT2D eigenvalue weighted by Gasteiger charge is -2.26. The molecule has 1 aromatic rings. The minimum Gasteiger partial charge on any atom is -0.389 e. The van der Waals surface area contributed by atoms with E-state index in [9.17, 15) is 5.11 Å². The van der Waals surface area contributed by atoms with Crippen molar-refractivity contribution in [1.29, 1.82) is 0 Å². The molecule has 1 heterocycles. The summed E-state index contributed by atoms with van der Waals surface area (Å²) in [6.45, 7) is 4.10. The molecule has 1 rings (SSSR count). The van der Waals surface area contributed by atoms with Crippen LogP contribution in [0.25, 0.3) is 0 Å². The summed E-state index contributed by atoms with van der Waals surface area (Å²) >= 11 is 0. The molecule has 4 nitrogen and oxygen atoms in total. The molecule has 0 atom stereocenters. The minimum atomic E-state index is -0.712. The third-order valence-corrected chi connectivity index (χ3v) is 1.84. The predicted molar refractivity (Wildman–Crippen MR) is 58.2 cm³/mol. The van der Waals surface area contributed by atoms with E-state index in [1.165, 1.54) is 0 Å². The molecular formula is C10H17N3O. The molecule has 78 valence electrons. The molecule has 0 aliphatic carbocycles. The third-order valence-electron chi connectivity index (χ3n) is 1.84. The SMILES string of the molecule is CN(CC(C)(C)O)c1ccc(N)nc1. The van der Waals surface area contributed by atoms with Crippen LogP contribution in [0.15, 0.2) is 18.3 Å². The molecule has 14 heavy (non-hydrogen) atoms. The van der Waals surface area contributed by atoms with Gasteiger partial charge < -0.3 is 15.7 Å². The Hall–Kier alpha value is -1.29. The first-order valence-corrected chi connectivity index (χ1v) is 4.53. The van der Waals surface area contributed by atoms with E-state index < -0.39 is 5.60 Å². The van der Waals surface area contributed by atoms with Crippen LogP contribution in [-0.2, 0) is 0 Å². The van der Waals surface area contributed by atoms with Crippen molar-refractivity contribution in [2.75, 3.05) is 24.2 Å². The summed E-state index contributed by atoms with van der Waals surface area (Å²) in [4.78, 5) is 5.92. The van der Waals surface area contributed by atoms with Crippen LogP contribution in [0.4, 0.5) is 11.5 Å². The van der Waals surface area contributed by atoms with Gasteiger partial charge in [-0.15, -0.1) is 0 Å². The molecule has 0 amide bonds. The highest BCUT2D eigenvalue weighted by molar-refractivity contribution is 5.47. The van der Waals surface area contributed by atoms with E-state index in [1.54, 1.807) is 26.1 Å². The van der Waals surface area contributed by atoms with Gasteiger partial charge in [-0.3, -0.25) is 0 Å². The summed E-state index contributed by atoms with van der Waals surface area (Å²) < 4.78 is 0. The van der Waals surface area contributed by atoms with Crippen LogP contribution in [0.2, 0.25) is 0 Å². The number of anilines is 2. The topological polar surface area (TPSA) is 62.4 Å². The standard InChI is InChI=1S/C10H17N3O/c1-10(2,14)7-13(3)8-4-5-9(11)12-6-8/h4-6,14H,7H2,1-3H3,(H2,11,12). The van der Waals surface area contributed by atoms with Crippen molar-refractivity contribution >= 4 is 11.5 Å². The second-order valence-corrected chi connectivity index (χ2v) is 4.11. The summed E-state index contributed by atoms with van der Waals surface area (Å²) in [6.07, 6.45) is 1.70. The number of hydrogen-bond donors (Lipinski definition) is 2. The maximum absolute atomic E-state index is 9.62. The van der Waals surface area contributed by atoms with Gasteiger partial charge in [0, 0.05) is 13.6 Å². The average Bonchev–Trinajstić information content (AvgIpc) is 2.02. The zero-order chi connectivity index (χ0) is 10.8. The van der Waals surface area contributed by atoms with Gasteiger partial charge in [0.05, 0.1) is 17.5 Å². The molecule has 0 bridgehead atoms. The van der Waals surface area contributed by atoms with E-state index in [2.05, 4.69) is 4.98 Å². The van der Waals surface area contributed by atoms with Crippen LogP contribution in [-0.4, -0.2) is 29.3 Å². The van der Waals surface area contributed by atoms with Crippen LogP contribution in [0.1, 0.15) is 13.8 Å². The molecule has 3 N–H and O–H groups in total. The van der Waals surface area contributed by atoms with Crippen LogP contribution in [0.3, 0.4) is 0 Å². The molecule has 0 saturated carbocycles. The van der Waals surface area contributed by atoms with Gasteiger partial charge in [-0.2, -0.15) is 0 Å². The number of nitrogens with two attached hydrogens (primary N) is 1. The van der Waals surface area contributed by atoms with Crippen molar-refractivity contribution in [1.82, 2.24) is 4.98 Å². The Kier molecular flexibility index (Phi) is 2.96. The number of rotatable bonds is 3. The van der Waals surface area contributed by atoms with Crippen molar-refractivity contribution in [3.63, 3.8) is 0 Å². The minimum absolute atomic E-state index is 0.505. The number of nitrogens with zero attached hydrogens (tertiary/aromatic N) is 2. The second-order valence-electron chi connectivity index (χ2n) is 4.11. The Morgan fingerprint density at radius 1 is 1.50 bits per heavy atom. The zero-order valence-electron chi connectivity index (χ0n) is 8.86. The fraction of sp³-hybridized carbons (Fsp3) is 0.500. The molecular weight excluding hydrogens is 178 g/mol. The second kappa shape index (κ2) is 3.84. The highest BCUT2D eigenvalue weighted by Gasteiger charge is 2.15. The summed E-state index contributed by atoms with van der Waals surface area (Å²) in [5, 5.41) is 9.62. The van der Waals surface area contributed by atoms with E-state index >= 15 is 0 Å². The van der Waals surface area contributed by atoms with Gasteiger partial charge in [0.25, 0.3) is 0 Å². The quantitative estimate of drug-likeness (QED) is 0.751. The van der Waals surface area contributed by atoms with Crippen LogP contribution in [0, 0.1) is 0 Å². The molecule has 0 aromatic carbocycles. The molecule has 1 aromatic heterocycles. The van der Waals surface area contributed by atoms with Gasteiger partial charge >= 0.3 is 0 Å². The van der Waals surface area contributed by atoms with Gasteiger partial charge in [-0.1, -0.05) is 0 Å². The van der Waals surface area contributed by atoms with Gasteiger partial charge in [-0.05, 0) is 26.0 Å². The Bertz CT molecular complexity index is 289. The lowest BCUT2D eigenvalue weighted by atomic mass is 10.1. The number of aliphatic hydroxyl groups is 1. The first-order chi connectivity index (χ1) is 6.38. The number of hydrogen-bond acceptors (Lipinski definition) is 4. The Labute approximate surface area is 84.4 Å². The van der Waals surface area contributed by atoms with Gasteiger partial charge in [0.1, 0.15) is 5.82 Å². The largest absolute Gasteiger partial charge is 0.389 e. The smallest absolute Gasteiger partial charge is 0.123 e. The third kappa shape index (κ3) is 3.22. The molecule has 4 heteroatoms. The van der Waals surface area contributed by atoms with E-state index in [-0.39, 0.29) is 0 Å². The molecule has 0 fully saturated rings. The average molecular weight is 195 g/mol. The van der Waals surface area contributed by atoms with Crippen molar-refractivity contribution in [2.24, 2.45) is 0 Å². The lowest BCUT2D eigenvalue weighted by Crippen LogP contribution is -2.36. The molecule has 0 spiro atoms. The summed E-state index contributed by atoms with van der Waals surface area (Å²) in [6, 6.07) is 3.63. The Morgan fingerprint density at radius 3 is 2.57 bits per heavy atom. The van der Waals surface area contributed by atoms with Crippen molar-refractivity contribution in [3.05, 3.63) is 18.3 Å². The van der Waals surface area contributed by atoms with Gasteiger partial charge in [-0.25, -0.2) is 4.98 Å². The molecule has 0 saturated heterocycles. The summed E-state index contributed by atoms with van der Waals surface area (Å²) in [5.41, 5.74) is 5.71. The number of aromatic nitrogens is 1. The fourth-order valence-electron chi connectivity index (χ4n) is 1.29. The van der Waals surface area contributed by atoms with Crippen LogP contribution >= 0.6 is 0 Å². The van der Waals surface area contributed by atoms with E-state index in [0.717, 1.165) is 5.69 Å².